The number of likely N-dealkylation sites (tertiary alicyclic amines) is 1. The van der Waals surface area contributed by atoms with Crippen LogP contribution in [0.15, 0.2) is 48.5 Å². The summed E-state index contributed by atoms with van der Waals surface area (Å²) in [6, 6.07) is 10.8. The Morgan fingerprint density at radius 2 is 1.81 bits per heavy atom. The molecule has 0 spiro atoms. The number of piperidine rings is 1. The average molecular weight is 449 g/mol. The summed E-state index contributed by atoms with van der Waals surface area (Å²) in [5.74, 6) is -1.21. The highest BCUT2D eigenvalue weighted by Gasteiger charge is 2.31. The smallest absolute Gasteiger partial charge is 0.416 e. The van der Waals surface area contributed by atoms with Gasteiger partial charge in [0.25, 0.3) is 0 Å². The molecule has 1 fully saturated rings. The van der Waals surface area contributed by atoms with E-state index in [2.05, 4.69) is 10.2 Å². The molecule has 2 aromatic carbocycles. The second kappa shape index (κ2) is 10.1. The number of Topliss-reactive ketones (excluding diaryl/α,β-unsaturated/α-hetero) is 1. The molecule has 1 unspecified atom stereocenters. The third kappa shape index (κ3) is 6.30. The lowest BCUT2D eigenvalue weighted by molar-refractivity contribution is -0.137. The third-order valence-electron chi connectivity index (χ3n) is 5.75. The highest BCUT2D eigenvalue weighted by atomic mass is 19.4. The number of aromatic carboxylic acids is 1. The Morgan fingerprint density at radius 3 is 2.47 bits per heavy atom. The molecule has 1 aliphatic heterocycles. The molecule has 0 aliphatic carbocycles. The Morgan fingerprint density at radius 1 is 1.12 bits per heavy atom. The highest BCUT2D eigenvalue weighted by molar-refractivity contribution is 5.88. The summed E-state index contributed by atoms with van der Waals surface area (Å²) in [6.45, 7) is 1.94. The van der Waals surface area contributed by atoms with Crippen molar-refractivity contribution >= 4 is 17.4 Å². The second-order valence-corrected chi connectivity index (χ2v) is 8.04. The van der Waals surface area contributed by atoms with E-state index in [1.165, 1.54) is 12.1 Å². The van der Waals surface area contributed by atoms with E-state index in [4.69, 9.17) is 10.8 Å². The Balaban J connectivity index is 1.47. The number of ketones is 1. The van der Waals surface area contributed by atoms with Crippen LogP contribution in [-0.4, -0.2) is 47.4 Å². The topological polar surface area (TPSA) is 95.7 Å². The number of carbonyl (C=O) groups is 2. The quantitative estimate of drug-likeness (QED) is 0.570. The minimum Gasteiger partial charge on any atom is -0.478 e. The van der Waals surface area contributed by atoms with Crippen LogP contribution >= 0.6 is 0 Å². The maximum atomic E-state index is 12.8. The molecule has 3 rings (SSSR count). The van der Waals surface area contributed by atoms with E-state index in [-0.39, 0.29) is 29.5 Å². The van der Waals surface area contributed by atoms with Crippen molar-refractivity contribution in [3.63, 3.8) is 0 Å². The summed E-state index contributed by atoms with van der Waals surface area (Å²) < 4.78 is 38.5. The average Bonchev–Trinajstić information content (AvgIpc) is 2.77. The van der Waals surface area contributed by atoms with Crippen molar-refractivity contribution < 1.29 is 27.9 Å². The van der Waals surface area contributed by atoms with Gasteiger partial charge in [0.2, 0.25) is 0 Å². The predicted molar refractivity (Wildman–Crippen MR) is 114 cm³/mol. The van der Waals surface area contributed by atoms with Gasteiger partial charge in [0, 0.05) is 12.2 Å². The number of carbonyl (C=O) groups excluding carboxylic acids is 1. The molecule has 1 saturated heterocycles. The van der Waals surface area contributed by atoms with Crippen LogP contribution in [-0.2, 0) is 17.5 Å². The van der Waals surface area contributed by atoms with E-state index in [9.17, 15) is 22.8 Å². The second-order valence-electron chi connectivity index (χ2n) is 8.04. The monoisotopic (exact) mass is 449 g/mol. The fourth-order valence-corrected chi connectivity index (χ4v) is 3.91. The van der Waals surface area contributed by atoms with Gasteiger partial charge in [0.05, 0.1) is 23.7 Å². The summed E-state index contributed by atoms with van der Waals surface area (Å²) in [5, 5.41) is 11.9. The van der Waals surface area contributed by atoms with Crippen molar-refractivity contribution in [1.82, 2.24) is 4.90 Å². The van der Waals surface area contributed by atoms with Crippen molar-refractivity contribution in [2.45, 2.75) is 31.6 Å². The number of carboxylic acids is 1. The minimum atomic E-state index is -4.44. The van der Waals surface area contributed by atoms with Crippen LogP contribution in [0.4, 0.5) is 18.9 Å². The van der Waals surface area contributed by atoms with Crippen molar-refractivity contribution in [2.24, 2.45) is 11.7 Å². The first kappa shape index (κ1) is 23.7. The van der Waals surface area contributed by atoms with Crippen LogP contribution < -0.4 is 11.1 Å². The molecule has 0 radical (unpaired) electrons. The lowest BCUT2D eigenvalue weighted by Gasteiger charge is -2.34. The first-order chi connectivity index (χ1) is 15.1. The number of halogens is 3. The molecule has 0 bridgehead atoms. The highest BCUT2D eigenvalue weighted by Crippen LogP contribution is 2.30. The Bertz CT molecular complexity index is 957. The van der Waals surface area contributed by atoms with Crippen LogP contribution in [0.5, 0.6) is 0 Å². The van der Waals surface area contributed by atoms with Gasteiger partial charge < -0.3 is 16.2 Å². The molecule has 0 saturated carbocycles. The van der Waals surface area contributed by atoms with Crippen molar-refractivity contribution in [1.29, 1.82) is 0 Å². The number of carboxylic acid groups (broad SMARTS) is 1. The number of benzene rings is 2. The van der Waals surface area contributed by atoms with E-state index in [0.29, 0.717) is 6.54 Å². The van der Waals surface area contributed by atoms with E-state index in [0.717, 1.165) is 43.6 Å². The van der Waals surface area contributed by atoms with Crippen LogP contribution in [0.2, 0.25) is 0 Å². The number of hydrogen-bond donors (Lipinski definition) is 3. The maximum absolute atomic E-state index is 12.8. The Kier molecular flexibility index (Phi) is 7.52. The maximum Gasteiger partial charge on any atom is 0.416 e. The molecule has 172 valence electrons. The zero-order chi connectivity index (χ0) is 23.3. The van der Waals surface area contributed by atoms with E-state index in [1.807, 2.05) is 6.07 Å². The molecule has 1 atom stereocenters. The van der Waals surface area contributed by atoms with Crippen LogP contribution in [0.3, 0.4) is 0 Å². The minimum absolute atomic E-state index is 0.00702. The molecule has 1 aliphatic rings. The zero-order valence-electron chi connectivity index (χ0n) is 17.4. The largest absolute Gasteiger partial charge is 0.478 e. The molecule has 6 nitrogen and oxygen atoms in total. The first-order valence-electron chi connectivity index (χ1n) is 10.4. The molecule has 0 amide bonds. The Hall–Kier alpha value is -2.91. The van der Waals surface area contributed by atoms with E-state index in [1.54, 1.807) is 18.2 Å². The van der Waals surface area contributed by atoms with Crippen molar-refractivity contribution in [3.05, 3.63) is 65.2 Å². The standard InChI is InChI=1S/C23H26F3N3O3/c24-23(25,26)18-5-2-6-19(12-18)28-13-20(30)21(27)16-7-9-29(10-8-16)14-15-3-1-4-17(11-15)22(31)32/h1-6,11-12,16,21,28H,7-10,13-14,27H2,(H,31,32). The summed E-state index contributed by atoms with van der Waals surface area (Å²) in [6.07, 6.45) is -3.01. The number of nitrogens with two attached hydrogens (primary N) is 1. The lowest BCUT2D eigenvalue weighted by Crippen LogP contribution is -2.46. The third-order valence-corrected chi connectivity index (χ3v) is 5.75. The fraction of sp³-hybridized carbons (Fsp3) is 0.391. The number of alkyl halides is 3. The van der Waals surface area contributed by atoms with Gasteiger partial charge in [-0.05, 0) is 67.7 Å². The van der Waals surface area contributed by atoms with Gasteiger partial charge in [-0.3, -0.25) is 9.69 Å². The van der Waals surface area contributed by atoms with Crippen LogP contribution in [0.25, 0.3) is 0 Å². The molecular weight excluding hydrogens is 423 g/mol. The molecule has 1 heterocycles. The lowest BCUT2D eigenvalue weighted by atomic mass is 9.87. The summed E-state index contributed by atoms with van der Waals surface area (Å²) in [7, 11) is 0. The van der Waals surface area contributed by atoms with Gasteiger partial charge in [-0.2, -0.15) is 13.2 Å². The van der Waals surface area contributed by atoms with Crippen LogP contribution in [0, 0.1) is 5.92 Å². The van der Waals surface area contributed by atoms with Gasteiger partial charge in [-0.25, -0.2) is 4.79 Å². The number of hydrogen-bond acceptors (Lipinski definition) is 5. The van der Waals surface area contributed by atoms with Crippen molar-refractivity contribution in [2.75, 3.05) is 25.0 Å². The fourth-order valence-electron chi connectivity index (χ4n) is 3.91. The molecule has 4 N–H and O–H groups in total. The number of rotatable bonds is 8. The molecule has 0 aromatic heterocycles. The predicted octanol–water partition coefficient (Wildman–Crippen LogP) is 3.62. The van der Waals surface area contributed by atoms with Gasteiger partial charge in [0.15, 0.2) is 5.78 Å². The van der Waals surface area contributed by atoms with E-state index >= 15 is 0 Å². The Labute approximate surface area is 184 Å². The SMILES string of the molecule is NC(C(=O)CNc1cccc(C(F)(F)F)c1)C1CCN(Cc2cccc(C(=O)O)c2)CC1. The van der Waals surface area contributed by atoms with E-state index < -0.39 is 23.8 Å². The van der Waals surface area contributed by atoms with Gasteiger partial charge in [0.1, 0.15) is 0 Å². The zero-order valence-corrected chi connectivity index (χ0v) is 17.4. The summed E-state index contributed by atoms with van der Waals surface area (Å²) in [4.78, 5) is 25.8. The number of nitrogens with zero attached hydrogens (tertiary/aromatic N) is 1. The summed E-state index contributed by atoms with van der Waals surface area (Å²) >= 11 is 0. The molecule has 32 heavy (non-hydrogen) atoms. The van der Waals surface area contributed by atoms with Gasteiger partial charge >= 0.3 is 12.1 Å². The van der Waals surface area contributed by atoms with Crippen molar-refractivity contribution in [3.8, 4) is 0 Å². The van der Waals surface area contributed by atoms with Gasteiger partial charge in [-0.1, -0.05) is 18.2 Å². The summed E-state index contributed by atoms with van der Waals surface area (Å²) in [5.41, 5.74) is 6.76. The number of nitrogens with one attached hydrogen (secondary N) is 1. The van der Waals surface area contributed by atoms with Crippen LogP contribution in [0.1, 0.15) is 34.3 Å². The number of anilines is 1. The molecular formula is C23H26F3N3O3. The normalized spacial score (nSPS) is 16.5. The van der Waals surface area contributed by atoms with Gasteiger partial charge in [-0.15, -0.1) is 0 Å². The molecule has 2 aromatic rings. The first-order valence-corrected chi connectivity index (χ1v) is 10.4. The molecule has 9 heteroatoms.